The number of fused-ring (bicyclic) bond motifs is 3. The Hall–Kier alpha value is -1.67. The normalized spacial score (nSPS) is 23.3. The van der Waals surface area contributed by atoms with Gasteiger partial charge in [0.25, 0.3) is 5.72 Å². The summed E-state index contributed by atoms with van der Waals surface area (Å²) in [4.78, 5) is 18.2. The molecule has 0 saturated carbocycles. The Morgan fingerprint density at radius 2 is 2.00 bits per heavy atom. The Balaban J connectivity index is 1.95. The van der Waals surface area contributed by atoms with Crippen molar-refractivity contribution in [1.82, 2.24) is 0 Å². The fourth-order valence-electron chi connectivity index (χ4n) is 2.84. The average molecular weight is 339 g/mol. The molecule has 2 aromatic rings. The second-order valence-electron chi connectivity index (χ2n) is 4.99. The van der Waals surface area contributed by atoms with Gasteiger partial charge in [0, 0.05) is 16.7 Å². The lowest BCUT2D eigenvalue weighted by Gasteiger charge is -2.18. The van der Waals surface area contributed by atoms with E-state index >= 15 is 0 Å². The van der Waals surface area contributed by atoms with Crippen LogP contribution in [-0.4, -0.2) is 11.0 Å². The van der Waals surface area contributed by atoms with Crippen molar-refractivity contribution < 1.29 is 20.1 Å². The van der Waals surface area contributed by atoms with Crippen LogP contribution in [0.25, 0.3) is 0 Å². The number of halogens is 2. The predicted octanol–water partition coefficient (Wildman–Crippen LogP) is 2.20. The number of hydrogen-bond donors (Lipinski definition) is 2. The van der Waals surface area contributed by atoms with Gasteiger partial charge in [-0.25, -0.2) is 15.1 Å². The van der Waals surface area contributed by atoms with Crippen molar-refractivity contribution in [2.75, 3.05) is 5.06 Å². The maximum atomic E-state index is 12.7. The minimum Gasteiger partial charge on any atom is -0.595 e. The van der Waals surface area contributed by atoms with Crippen molar-refractivity contribution in [2.24, 2.45) is 0 Å². The number of para-hydroxylation sites is 1. The lowest BCUT2D eigenvalue weighted by Crippen LogP contribution is -2.99. The van der Waals surface area contributed by atoms with E-state index in [2.05, 4.69) is 0 Å². The van der Waals surface area contributed by atoms with Crippen molar-refractivity contribution in [3.63, 3.8) is 0 Å². The highest BCUT2D eigenvalue weighted by Crippen LogP contribution is 2.59. The summed E-state index contributed by atoms with van der Waals surface area (Å²) in [7, 11) is 0. The van der Waals surface area contributed by atoms with Crippen molar-refractivity contribution in [2.45, 2.75) is 5.72 Å². The maximum Gasteiger partial charge on any atom is 0.286 e. The van der Waals surface area contributed by atoms with Gasteiger partial charge in [-0.15, -0.1) is 0 Å². The SMILES string of the molecule is O=C1c2ccccc2N2OC12c1c(Cl)cc(Cl)cc1[NH+]([O-])O. The molecule has 112 valence electrons. The molecule has 2 atom stereocenters. The van der Waals surface area contributed by atoms with E-state index in [1.54, 1.807) is 24.3 Å². The fraction of sp³-hybridized carbons (Fsp3) is 0.0714. The highest BCUT2D eigenvalue weighted by Gasteiger charge is 2.71. The second kappa shape index (κ2) is 4.42. The van der Waals surface area contributed by atoms with Gasteiger partial charge in [-0.1, -0.05) is 35.3 Å². The van der Waals surface area contributed by atoms with Crippen LogP contribution < -0.4 is 10.3 Å². The lowest BCUT2D eigenvalue weighted by atomic mass is 9.97. The highest BCUT2D eigenvalue weighted by atomic mass is 35.5. The fourth-order valence-corrected chi connectivity index (χ4v) is 3.46. The molecule has 2 unspecified atom stereocenters. The zero-order valence-electron chi connectivity index (χ0n) is 10.8. The van der Waals surface area contributed by atoms with Gasteiger partial charge in [0.15, 0.2) is 5.69 Å². The van der Waals surface area contributed by atoms with Gasteiger partial charge >= 0.3 is 0 Å². The number of benzene rings is 2. The van der Waals surface area contributed by atoms with Gasteiger partial charge in [-0.05, 0) is 18.2 Å². The monoisotopic (exact) mass is 338 g/mol. The third kappa shape index (κ3) is 1.62. The molecule has 0 aromatic heterocycles. The van der Waals surface area contributed by atoms with Gasteiger partial charge in [-0.2, -0.15) is 5.23 Å². The summed E-state index contributed by atoms with van der Waals surface area (Å²) in [5.41, 5.74) is -0.488. The van der Waals surface area contributed by atoms with E-state index < -0.39 is 11.0 Å². The lowest BCUT2D eigenvalue weighted by molar-refractivity contribution is -0.991. The molecule has 2 heterocycles. The molecular formula is C14H8Cl2N2O4. The van der Waals surface area contributed by atoms with Crippen molar-refractivity contribution >= 4 is 40.4 Å². The summed E-state index contributed by atoms with van der Waals surface area (Å²) in [5.74, 6) is -0.338. The molecular weight excluding hydrogens is 331 g/mol. The Kier molecular flexibility index (Phi) is 2.80. The first-order chi connectivity index (χ1) is 10.5. The van der Waals surface area contributed by atoms with E-state index in [9.17, 15) is 15.2 Å². The molecule has 2 aliphatic heterocycles. The summed E-state index contributed by atoms with van der Waals surface area (Å²) in [6.07, 6.45) is 0. The molecule has 8 heteroatoms. The molecule has 0 aliphatic carbocycles. The Morgan fingerprint density at radius 3 is 2.68 bits per heavy atom. The van der Waals surface area contributed by atoms with Crippen LogP contribution in [0.4, 0.5) is 11.4 Å². The third-order valence-corrected chi connectivity index (χ3v) is 4.29. The molecule has 1 saturated heterocycles. The first kappa shape index (κ1) is 14.0. The quantitative estimate of drug-likeness (QED) is 0.648. The molecule has 2 aromatic carbocycles. The van der Waals surface area contributed by atoms with Crippen LogP contribution in [0, 0.1) is 5.21 Å². The molecule has 2 N–H and O–H groups in total. The summed E-state index contributed by atoms with van der Waals surface area (Å²) in [5, 5.41) is 21.3. The molecule has 0 spiro atoms. The van der Waals surface area contributed by atoms with Gasteiger partial charge in [-0.3, -0.25) is 4.79 Å². The second-order valence-corrected chi connectivity index (χ2v) is 5.83. The smallest absolute Gasteiger partial charge is 0.286 e. The van der Waals surface area contributed by atoms with Crippen LogP contribution >= 0.6 is 23.2 Å². The Morgan fingerprint density at radius 1 is 1.27 bits per heavy atom. The van der Waals surface area contributed by atoms with E-state index in [1.807, 2.05) is 0 Å². The van der Waals surface area contributed by atoms with E-state index in [0.717, 1.165) is 0 Å². The van der Waals surface area contributed by atoms with E-state index in [-0.39, 0.29) is 27.1 Å². The highest BCUT2D eigenvalue weighted by molar-refractivity contribution is 6.36. The van der Waals surface area contributed by atoms with E-state index in [1.165, 1.54) is 17.2 Å². The maximum absolute atomic E-state index is 12.7. The van der Waals surface area contributed by atoms with Gasteiger partial charge < -0.3 is 5.21 Å². The number of ketones is 1. The molecule has 22 heavy (non-hydrogen) atoms. The van der Waals surface area contributed by atoms with Gasteiger partial charge in [0.2, 0.25) is 5.78 Å². The summed E-state index contributed by atoms with van der Waals surface area (Å²) in [6.45, 7) is 0. The van der Waals surface area contributed by atoms with Crippen molar-refractivity contribution in [1.29, 1.82) is 0 Å². The molecule has 2 aliphatic rings. The molecule has 6 nitrogen and oxygen atoms in total. The number of quaternary nitrogens is 1. The topological polar surface area (TPSA) is 80.3 Å². The number of hydroxylamine groups is 1. The number of anilines is 1. The van der Waals surface area contributed by atoms with Crippen LogP contribution in [0.3, 0.4) is 0 Å². The zero-order chi connectivity index (χ0) is 15.6. The first-order valence-electron chi connectivity index (χ1n) is 6.33. The van der Waals surface area contributed by atoms with E-state index in [4.69, 9.17) is 28.0 Å². The molecule has 0 amide bonds. The summed E-state index contributed by atoms with van der Waals surface area (Å²) < 4.78 is 0. The molecule has 1 fully saturated rings. The van der Waals surface area contributed by atoms with Gasteiger partial charge in [0.1, 0.15) is 5.56 Å². The van der Waals surface area contributed by atoms with Crippen LogP contribution in [-0.2, 0) is 10.6 Å². The van der Waals surface area contributed by atoms with Crippen molar-refractivity contribution in [3.8, 4) is 0 Å². The Bertz CT molecular complexity index is 826. The number of Topliss-reactive ketones (excluding diaryl/α,β-unsaturated/α-hetero) is 1. The first-order valence-corrected chi connectivity index (χ1v) is 7.08. The number of carbonyl (C=O) groups is 1. The zero-order valence-corrected chi connectivity index (χ0v) is 12.4. The largest absolute Gasteiger partial charge is 0.595 e. The summed E-state index contributed by atoms with van der Waals surface area (Å²) >= 11 is 12.0. The number of hydrogen-bond acceptors (Lipinski definition) is 5. The molecule has 0 radical (unpaired) electrons. The number of carbonyl (C=O) groups excluding carboxylic acids is 1. The van der Waals surface area contributed by atoms with E-state index in [0.29, 0.717) is 11.3 Å². The molecule has 0 bridgehead atoms. The van der Waals surface area contributed by atoms with Crippen LogP contribution in [0.2, 0.25) is 10.0 Å². The van der Waals surface area contributed by atoms with Gasteiger partial charge in [0.05, 0.1) is 10.7 Å². The van der Waals surface area contributed by atoms with Crippen LogP contribution in [0.5, 0.6) is 0 Å². The number of nitrogens with one attached hydrogen (secondary N) is 1. The van der Waals surface area contributed by atoms with Crippen LogP contribution in [0.1, 0.15) is 15.9 Å². The Labute approximate surface area is 134 Å². The van der Waals surface area contributed by atoms with Crippen molar-refractivity contribution in [3.05, 3.63) is 62.8 Å². The van der Waals surface area contributed by atoms with Crippen LogP contribution in [0.15, 0.2) is 36.4 Å². The number of rotatable bonds is 2. The predicted molar refractivity (Wildman–Crippen MR) is 78.3 cm³/mol. The minimum absolute atomic E-state index is 0.0774. The third-order valence-electron chi connectivity index (χ3n) is 3.78. The minimum atomic E-state index is -1.50. The standard InChI is InChI=1S/C14H8Cl2N2O4/c15-7-5-9(16)12(11(6-7)18(20)21)14-13(19)8-3-1-2-4-10(8)17(14)22-14/h1-6,18,20H. The number of nitrogens with zero attached hydrogens (tertiary/aromatic N) is 1. The molecule has 4 rings (SSSR count). The average Bonchev–Trinajstić information content (AvgIpc) is 3.16. The summed E-state index contributed by atoms with van der Waals surface area (Å²) in [6, 6.07) is 9.56.